The van der Waals surface area contributed by atoms with Crippen molar-refractivity contribution in [2.45, 2.75) is 32.9 Å². The maximum atomic E-state index is 9.49. The summed E-state index contributed by atoms with van der Waals surface area (Å²) in [5, 5.41) is 9.49. The molecule has 1 rings (SSSR count). The molecule has 0 fully saturated rings. The molecular formula is C15H26N2O4. The number of carboxylic acids is 1. The molecule has 0 aromatic carbocycles. The zero-order valence-corrected chi connectivity index (χ0v) is 13.2. The normalized spacial score (nSPS) is 9.86. The lowest BCUT2D eigenvalue weighted by molar-refractivity contribution is -0.697. The van der Waals surface area contributed by atoms with Gasteiger partial charge in [-0.1, -0.05) is 6.58 Å². The van der Waals surface area contributed by atoms with Crippen LogP contribution in [0.2, 0.25) is 0 Å². The van der Waals surface area contributed by atoms with Gasteiger partial charge in [-0.25, -0.2) is 9.13 Å². The van der Waals surface area contributed by atoms with Gasteiger partial charge in [0.25, 0.3) is 0 Å². The first-order valence-electron chi connectivity index (χ1n) is 6.90. The van der Waals surface area contributed by atoms with E-state index in [-0.39, 0.29) is 5.57 Å². The van der Waals surface area contributed by atoms with Crippen LogP contribution < -0.4 is 9.67 Å². The van der Waals surface area contributed by atoms with Crippen molar-refractivity contribution in [3.8, 4) is 0 Å². The lowest BCUT2D eigenvalue weighted by Gasteiger charge is -1.97. The van der Waals surface area contributed by atoms with Crippen molar-refractivity contribution in [2.75, 3.05) is 27.4 Å². The van der Waals surface area contributed by atoms with E-state index in [0.717, 1.165) is 39.1 Å². The van der Waals surface area contributed by atoms with Gasteiger partial charge in [0.1, 0.15) is 12.4 Å². The quantitative estimate of drug-likeness (QED) is 0.370. The highest BCUT2D eigenvalue weighted by Crippen LogP contribution is 1.90. The van der Waals surface area contributed by atoms with Crippen LogP contribution >= 0.6 is 0 Å². The van der Waals surface area contributed by atoms with Crippen LogP contribution in [0.25, 0.3) is 0 Å². The molecular weight excluding hydrogens is 272 g/mol. The summed E-state index contributed by atoms with van der Waals surface area (Å²) in [6.07, 6.45) is 8.45. The molecule has 0 saturated heterocycles. The number of hydrogen-bond acceptors (Lipinski definition) is 4. The number of aromatic nitrogens is 2. The third-order valence-electron chi connectivity index (χ3n) is 2.62. The first-order chi connectivity index (χ1) is 10.0. The number of nitrogens with zero attached hydrogens (tertiary/aromatic N) is 2. The number of ether oxygens (including phenoxy) is 2. The molecule has 0 aliphatic heterocycles. The minimum absolute atomic E-state index is 0.0648. The minimum atomic E-state index is -1.19. The Morgan fingerprint density at radius 1 is 1.29 bits per heavy atom. The maximum absolute atomic E-state index is 9.49. The second-order valence-corrected chi connectivity index (χ2v) is 4.65. The van der Waals surface area contributed by atoms with Crippen LogP contribution in [0.5, 0.6) is 0 Å². The first-order valence-corrected chi connectivity index (χ1v) is 6.90. The first kappa shape index (κ1) is 19.3. The Kier molecular flexibility index (Phi) is 11.2. The molecule has 0 radical (unpaired) electrons. The molecule has 1 heterocycles. The Hall–Kier alpha value is -1.66. The van der Waals surface area contributed by atoms with Crippen molar-refractivity contribution in [3.63, 3.8) is 0 Å². The molecule has 0 unspecified atom stereocenters. The second kappa shape index (κ2) is 12.1. The third kappa shape index (κ3) is 10.8. The van der Waals surface area contributed by atoms with Crippen LogP contribution in [0.4, 0.5) is 0 Å². The van der Waals surface area contributed by atoms with Gasteiger partial charge in [-0.05, 0) is 12.5 Å². The summed E-state index contributed by atoms with van der Waals surface area (Å²) in [6, 6.07) is 0. The number of carboxylic acid groups (broad SMARTS) is 1. The van der Waals surface area contributed by atoms with Gasteiger partial charge in [0.2, 0.25) is 6.33 Å². The summed E-state index contributed by atoms with van der Waals surface area (Å²) in [6.45, 7) is 8.16. The number of methoxy groups -OCH3 is 2. The smallest absolute Gasteiger partial charge is 0.243 e. The molecule has 6 heteroatoms. The highest BCUT2D eigenvalue weighted by Gasteiger charge is 2.02. The van der Waals surface area contributed by atoms with Gasteiger partial charge in [0.05, 0.1) is 19.1 Å². The summed E-state index contributed by atoms with van der Waals surface area (Å²) in [5.74, 6) is -1.19. The van der Waals surface area contributed by atoms with E-state index in [9.17, 15) is 9.90 Å². The van der Waals surface area contributed by atoms with Crippen molar-refractivity contribution in [2.24, 2.45) is 0 Å². The zero-order valence-electron chi connectivity index (χ0n) is 13.2. The van der Waals surface area contributed by atoms with Crippen molar-refractivity contribution < 1.29 is 23.9 Å². The molecule has 120 valence electrons. The second-order valence-electron chi connectivity index (χ2n) is 4.65. The lowest BCUT2D eigenvalue weighted by Crippen LogP contribution is -2.31. The van der Waals surface area contributed by atoms with Gasteiger partial charge in [-0.15, -0.1) is 0 Å². The van der Waals surface area contributed by atoms with Crippen LogP contribution in [-0.2, 0) is 27.4 Å². The van der Waals surface area contributed by atoms with Gasteiger partial charge in [-0.3, -0.25) is 0 Å². The molecule has 0 saturated carbocycles. The minimum Gasteiger partial charge on any atom is -0.545 e. The molecule has 0 aliphatic rings. The number of imidazole rings is 1. The molecule has 0 spiro atoms. The van der Waals surface area contributed by atoms with E-state index in [4.69, 9.17) is 9.47 Å². The van der Waals surface area contributed by atoms with Crippen LogP contribution in [0.3, 0.4) is 0 Å². The molecule has 0 N–H and O–H groups in total. The van der Waals surface area contributed by atoms with E-state index < -0.39 is 5.97 Å². The Bertz CT molecular complexity index is 379. The maximum Gasteiger partial charge on any atom is 0.243 e. The lowest BCUT2D eigenvalue weighted by atomic mass is 10.4. The molecule has 6 nitrogen and oxygen atoms in total. The monoisotopic (exact) mass is 298 g/mol. The van der Waals surface area contributed by atoms with Crippen LogP contribution in [-0.4, -0.2) is 38.0 Å². The van der Waals surface area contributed by atoms with Gasteiger partial charge in [0, 0.05) is 40.3 Å². The number of aryl methyl sites for hydroxylation is 2. The molecule has 1 aromatic rings. The van der Waals surface area contributed by atoms with Crippen LogP contribution in [0, 0.1) is 0 Å². The number of aliphatic carboxylic acids is 1. The Labute approximate surface area is 126 Å². The van der Waals surface area contributed by atoms with Crippen molar-refractivity contribution in [1.82, 2.24) is 4.57 Å². The van der Waals surface area contributed by atoms with Gasteiger partial charge in [0.15, 0.2) is 0 Å². The van der Waals surface area contributed by atoms with Crippen molar-refractivity contribution >= 4 is 5.97 Å². The van der Waals surface area contributed by atoms with E-state index in [2.05, 4.69) is 34.4 Å². The average Bonchev–Trinajstić information content (AvgIpc) is 2.88. The molecule has 0 aliphatic carbocycles. The number of rotatable bonds is 9. The number of carbonyl (C=O) groups is 1. The summed E-state index contributed by atoms with van der Waals surface area (Å²) in [4.78, 5) is 9.49. The van der Waals surface area contributed by atoms with Crippen molar-refractivity contribution in [3.05, 3.63) is 30.9 Å². The fourth-order valence-corrected chi connectivity index (χ4v) is 1.49. The van der Waals surface area contributed by atoms with E-state index in [1.54, 1.807) is 14.2 Å². The Morgan fingerprint density at radius 3 is 2.38 bits per heavy atom. The molecule has 21 heavy (non-hydrogen) atoms. The predicted molar refractivity (Wildman–Crippen MR) is 77.4 cm³/mol. The van der Waals surface area contributed by atoms with E-state index in [1.165, 1.54) is 6.92 Å². The van der Waals surface area contributed by atoms with Gasteiger partial charge >= 0.3 is 0 Å². The highest BCUT2D eigenvalue weighted by atomic mass is 16.5. The molecule has 1 aromatic heterocycles. The predicted octanol–water partition coefficient (Wildman–Crippen LogP) is 0.161. The summed E-state index contributed by atoms with van der Waals surface area (Å²) in [5.41, 5.74) is 0.0648. The highest BCUT2D eigenvalue weighted by molar-refractivity contribution is 5.82. The molecule has 0 amide bonds. The SMILES string of the molecule is C=C(C)C(=O)[O-].COCCCn1cc[n+](CCCOC)c1. The van der Waals surface area contributed by atoms with Crippen molar-refractivity contribution in [1.29, 1.82) is 0 Å². The molecule has 0 bridgehead atoms. The van der Waals surface area contributed by atoms with E-state index in [1.807, 2.05) is 0 Å². The Balaban J connectivity index is 0.000000567. The summed E-state index contributed by atoms with van der Waals surface area (Å²) >= 11 is 0. The fourth-order valence-electron chi connectivity index (χ4n) is 1.49. The van der Waals surface area contributed by atoms with Gasteiger partial charge in [-0.2, -0.15) is 0 Å². The summed E-state index contributed by atoms with van der Waals surface area (Å²) < 4.78 is 14.4. The largest absolute Gasteiger partial charge is 0.545 e. The van der Waals surface area contributed by atoms with E-state index in [0.29, 0.717) is 0 Å². The number of carbonyl (C=O) groups excluding carboxylic acids is 1. The Morgan fingerprint density at radius 2 is 1.86 bits per heavy atom. The summed E-state index contributed by atoms with van der Waals surface area (Å²) in [7, 11) is 3.47. The number of hydrogen-bond donors (Lipinski definition) is 0. The fraction of sp³-hybridized carbons (Fsp3) is 0.600. The third-order valence-corrected chi connectivity index (χ3v) is 2.62. The van der Waals surface area contributed by atoms with Crippen LogP contribution in [0.15, 0.2) is 30.9 Å². The molecule has 0 atom stereocenters. The van der Waals surface area contributed by atoms with E-state index >= 15 is 0 Å². The standard InChI is InChI=1S/C11H21N2O2.C4H6O2/c1-14-9-3-5-12-7-8-13(11-12)6-4-10-15-2;1-3(2)4(5)6/h7-8,11H,3-6,9-10H2,1-2H3;1H2,2H3,(H,5,6)/q+1;/p-1. The zero-order chi connectivity index (χ0) is 16.1. The average molecular weight is 298 g/mol. The topological polar surface area (TPSA) is 67.4 Å². The van der Waals surface area contributed by atoms with Crippen LogP contribution in [0.1, 0.15) is 19.8 Å². The van der Waals surface area contributed by atoms with Gasteiger partial charge < -0.3 is 19.4 Å².